The molecule has 88 valence electrons. The van der Waals surface area contributed by atoms with Crippen molar-refractivity contribution in [2.45, 2.75) is 25.7 Å². The number of hydrogen-bond donors (Lipinski definition) is 2. The highest BCUT2D eigenvalue weighted by Crippen LogP contribution is 2.24. The van der Waals surface area contributed by atoms with Crippen LogP contribution in [-0.4, -0.2) is 19.6 Å². The van der Waals surface area contributed by atoms with Gasteiger partial charge in [-0.2, -0.15) is 0 Å². The quantitative estimate of drug-likeness (QED) is 0.739. The molecule has 0 radical (unpaired) electrons. The average Bonchev–Trinajstić information content (AvgIpc) is 2.34. The van der Waals surface area contributed by atoms with Crippen LogP contribution >= 0.6 is 0 Å². The number of benzene rings is 1. The first kappa shape index (κ1) is 11.6. The average molecular weight is 218 g/mol. The van der Waals surface area contributed by atoms with Crippen LogP contribution in [0.3, 0.4) is 0 Å². The van der Waals surface area contributed by atoms with Gasteiger partial charge in [0.1, 0.15) is 0 Å². The molecule has 0 saturated heterocycles. The molecule has 0 aromatic heterocycles. The first-order valence-corrected chi connectivity index (χ1v) is 6.37. The smallest absolute Gasteiger partial charge is 0.00172 e. The van der Waals surface area contributed by atoms with Crippen molar-refractivity contribution < 1.29 is 0 Å². The third-order valence-electron chi connectivity index (χ3n) is 3.44. The van der Waals surface area contributed by atoms with Crippen LogP contribution in [-0.2, 0) is 12.8 Å². The summed E-state index contributed by atoms with van der Waals surface area (Å²) in [5.41, 5.74) is 8.58. The number of aryl methyl sites for hydroxylation is 1. The standard InChI is InChI=1S/C14H22N2/c15-8-3-9-16-11-12-6-7-13-4-1-2-5-14(13)10-12/h1-2,4-5,12,16H,3,6-11,15H2. The number of rotatable bonds is 5. The van der Waals surface area contributed by atoms with E-state index in [1.54, 1.807) is 11.1 Å². The topological polar surface area (TPSA) is 38.0 Å². The fourth-order valence-electron chi connectivity index (χ4n) is 2.48. The largest absolute Gasteiger partial charge is 0.330 e. The third-order valence-corrected chi connectivity index (χ3v) is 3.44. The Balaban J connectivity index is 1.79. The summed E-state index contributed by atoms with van der Waals surface area (Å²) in [6, 6.07) is 8.86. The predicted molar refractivity (Wildman–Crippen MR) is 68.5 cm³/mol. The molecule has 1 aromatic carbocycles. The fourth-order valence-corrected chi connectivity index (χ4v) is 2.48. The van der Waals surface area contributed by atoms with Crippen LogP contribution < -0.4 is 11.1 Å². The van der Waals surface area contributed by atoms with Crippen LogP contribution in [0.5, 0.6) is 0 Å². The number of fused-ring (bicyclic) bond motifs is 1. The minimum atomic E-state index is 0.792. The van der Waals surface area contributed by atoms with Gasteiger partial charge in [0.05, 0.1) is 0 Å². The molecule has 1 unspecified atom stereocenters. The van der Waals surface area contributed by atoms with Crippen molar-refractivity contribution in [2.24, 2.45) is 11.7 Å². The summed E-state index contributed by atoms with van der Waals surface area (Å²) in [5.74, 6) is 0.813. The summed E-state index contributed by atoms with van der Waals surface area (Å²) < 4.78 is 0. The van der Waals surface area contributed by atoms with Gasteiger partial charge in [0.15, 0.2) is 0 Å². The highest BCUT2D eigenvalue weighted by Gasteiger charge is 2.17. The van der Waals surface area contributed by atoms with Gasteiger partial charge in [-0.3, -0.25) is 0 Å². The lowest BCUT2D eigenvalue weighted by Gasteiger charge is -2.24. The Kier molecular flexibility index (Phi) is 4.37. The van der Waals surface area contributed by atoms with Crippen LogP contribution in [0.2, 0.25) is 0 Å². The van der Waals surface area contributed by atoms with Gasteiger partial charge in [-0.1, -0.05) is 24.3 Å². The van der Waals surface area contributed by atoms with E-state index in [2.05, 4.69) is 29.6 Å². The zero-order valence-corrected chi connectivity index (χ0v) is 9.91. The van der Waals surface area contributed by atoms with Gasteiger partial charge in [-0.05, 0) is 62.4 Å². The van der Waals surface area contributed by atoms with Gasteiger partial charge in [-0.15, -0.1) is 0 Å². The second-order valence-electron chi connectivity index (χ2n) is 4.72. The van der Waals surface area contributed by atoms with Crippen LogP contribution in [0.4, 0.5) is 0 Å². The van der Waals surface area contributed by atoms with E-state index in [0.717, 1.165) is 32.0 Å². The highest BCUT2D eigenvalue weighted by atomic mass is 14.9. The van der Waals surface area contributed by atoms with E-state index >= 15 is 0 Å². The van der Waals surface area contributed by atoms with E-state index in [1.165, 1.54) is 19.3 Å². The summed E-state index contributed by atoms with van der Waals surface area (Å²) in [6.07, 6.45) is 4.90. The van der Waals surface area contributed by atoms with Gasteiger partial charge in [-0.25, -0.2) is 0 Å². The molecule has 1 atom stereocenters. The first-order valence-electron chi connectivity index (χ1n) is 6.37. The molecule has 3 N–H and O–H groups in total. The second-order valence-corrected chi connectivity index (χ2v) is 4.72. The van der Waals surface area contributed by atoms with Crippen LogP contribution in [0, 0.1) is 5.92 Å². The van der Waals surface area contributed by atoms with Gasteiger partial charge in [0.25, 0.3) is 0 Å². The van der Waals surface area contributed by atoms with Crippen LogP contribution in [0.15, 0.2) is 24.3 Å². The molecular weight excluding hydrogens is 196 g/mol. The van der Waals surface area contributed by atoms with Crippen LogP contribution in [0.25, 0.3) is 0 Å². The normalized spacial score (nSPS) is 19.4. The van der Waals surface area contributed by atoms with E-state index < -0.39 is 0 Å². The van der Waals surface area contributed by atoms with Gasteiger partial charge in [0.2, 0.25) is 0 Å². The van der Waals surface area contributed by atoms with Crippen LogP contribution in [0.1, 0.15) is 24.0 Å². The molecule has 2 heteroatoms. The van der Waals surface area contributed by atoms with E-state index in [9.17, 15) is 0 Å². The zero-order chi connectivity index (χ0) is 11.2. The molecule has 0 fully saturated rings. The van der Waals surface area contributed by atoms with Crippen molar-refractivity contribution >= 4 is 0 Å². The van der Waals surface area contributed by atoms with E-state index in [0.29, 0.717) is 0 Å². The Labute approximate surface area is 98.2 Å². The molecule has 0 heterocycles. The van der Waals surface area contributed by atoms with E-state index in [-0.39, 0.29) is 0 Å². The Hall–Kier alpha value is -0.860. The Morgan fingerprint density at radius 1 is 1.25 bits per heavy atom. The van der Waals surface area contributed by atoms with Crippen molar-refractivity contribution in [3.05, 3.63) is 35.4 Å². The Morgan fingerprint density at radius 3 is 2.88 bits per heavy atom. The molecule has 1 aliphatic rings. The fraction of sp³-hybridized carbons (Fsp3) is 0.571. The van der Waals surface area contributed by atoms with Crippen molar-refractivity contribution in [1.29, 1.82) is 0 Å². The van der Waals surface area contributed by atoms with Crippen molar-refractivity contribution in [3.8, 4) is 0 Å². The van der Waals surface area contributed by atoms with Crippen molar-refractivity contribution in [3.63, 3.8) is 0 Å². The molecule has 0 spiro atoms. The first-order chi connectivity index (χ1) is 7.90. The van der Waals surface area contributed by atoms with Crippen molar-refractivity contribution in [1.82, 2.24) is 5.32 Å². The minimum absolute atomic E-state index is 0.792. The molecule has 0 amide bonds. The molecule has 1 aromatic rings. The van der Waals surface area contributed by atoms with Gasteiger partial charge in [0, 0.05) is 0 Å². The zero-order valence-electron chi connectivity index (χ0n) is 9.91. The maximum absolute atomic E-state index is 5.47. The summed E-state index contributed by atoms with van der Waals surface area (Å²) in [4.78, 5) is 0. The molecular formula is C14H22N2. The maximum atomic E-state index is 5.47. The van der Waals surface area contributed by atoms with E-state index in [4.69, 9.17) is 5.73 Å². The Morgan fingerprint density at radius 2 is 2.06 bits per heavy atom. The number of hydrogen-bond acceptors (Lipinski definition) is 2. The molecule has 0 saturated carbocycles. The molecule has 2 nitrogen and oxygen atoms in total. The highest BCUT2D eigenvalue weighted by molar-refractivity contribution is 5.29. The number of nitrogens with one attached hydrogen (secondary N) is 1. The lowest BCUT2D eigenvalue weighted by atomic mass is 9.84. The predicted octanol–water partition coefficient (Wildman–Crippen LogP) is 1.73. The minimum Gasteiger partial charge on any atom is -0.330 e. The summed E-state index contributed by atoms with van der Waals surface area (Å²) in [6.45, 7) is 3.00. The second kappa shape index (κ2) is 6.02. The van der Waals surface area contributed by atoms with Crippen molar-refractivity contribution in [2.75, 3.05) is 19.6 Å². The summed E-state index contributed by atoms with van der Waals surface area (Å²) in [7, 11) is 0. The number of nitrogens with two attached hydrogens (primary N) is 1. The molecule has 0 aliphatic heterocycles. The third kappa shape index (κ3) is 3.06. The molecule has 16 heavy (non-hydrogen) atoms. The Bertz CT molecular complexity index is 322. The van der Waals surface area contributed by atoms with E-state index in [1.807, 2.05) is 0 Å². The van der Waals surface area contributed by atoms with Gasteiger partial charge < -0.3 is 11.1 Å². The maximum Gasteiger partial charge on any atom is -0.00172 e. The molecule has 1 aliphatic carbocycles. The molecule has 0 bridgehead atoms. The summed E-state index contributed by atoms with van der Waals surface area (Å²) >= 11 is 0. The lowest BCUT2D eigenvalue weighted by Crippen LogP contribution is -2.28. The van der Waals surface area contributed by atoms with Gasteiger partial charge >= 0.3 is 0 Å². The monoisotopic (exact) mass is 218 g/mol. The SMILES string of the molecule is NCCCNCC1CCc2ccccc2C1. The lowest BCUT2D eigenvalue weighted by molar-refractivity contribution is 0.424. The summed E-state index contributed by atoms with van der Waals surface area (Å²) in [5, 5.41) is 3.51. The molecule has 2 rings (SSSR count).